The van der Waals surface area contributed by atoms with Crippen molar-refractivity contribution in [2.75, 3.05) is 20.2 Å². The Bertz CT molecular complexity index is 110. The highest BCUT2D eigenvalue weighted by molar-refractivity contribution is 7.13. The van der Waals surface area contributed by atoms with Gasteiger partial charge in [0.25, 0.3) is 0 Å². The second kappa shape index (κ2) is 3.66. The van der Waals surface area contributed by atoms with E-state index in [9.17, 15) is 0 Å². The number of nitrogens with zero attached hydrogens (tertiary/aromatic N) is 1. The molecule has 1 aliphatic heterocycles. The monoisotopic (exact) mass is 161 g/mol. The highest BCUT2D eigenvalue weighted by Crippen LogP contribution is 2.23. The molecule has 1 saturated heterocycles. The van der Waals surface area contributed by atoms with Crippen LogP contribution in [0.15, 0.2) is 0 Å². The topological polar surface area (TPSA) is 12.5 Å². The van der Waals surface area contributed by atoms with E-state index in [-0.39, 0.29) is 0 Å². The van der Waals surface area contributed by atoms with Gasteiger partial charge >= 0.3 is 0 Å². The number of hydrogen-bond donors (Lipinski definition) is 0. The summed E-state index contributed by atoms with van der Waals surface area (Å²) in [6.07, 6.45) is 1.70. The highest BCUT2D eigenvalue weighted by atomic mass is 31.0. The van der Waals surface area contributed by atoms with Crippen LogP contribution in [0.1, 0.15) is 13.3 Å². The minimum Gasteiger partial charge on any atom is -0.381 e. The summed E-state index contributed by atoms with van der Waals surface area (Å²) in [4.78, 5) is 0. The number of methoxy groups -OCH3 is 1. The molecule has 0 amide bonds. The van der Waals surface area contributed by atoms with Gasteiger partial charge in [-0.1, -0.05) is 9.39 Å². The molecule has 1 aliphatic rings. The zero-order valence-corrected chi connectivity index (χ0v) is 7.86. The summed E-state index contributed by atoms with van der Waals surface area (Å²) in [6.45, 7) is 4.51. The van der Waals surface area contributed by atoms with E-state index in [0.717, 1.165) is 5.92 Å². The van der Waals surface area contributed by atoms with Gasteiger partial charge in [-0.2, -0.15) is 0 Å². The maximum absolute atomic E-state index is 5.25. The van der Waals surface area contributed by atoms with Crippen LogP contribution in [-0.2, 0) is 4.74 Å². The lowest BCUT2D eigenvalue weighted by atomic mass is 10.0. The summed E-state index contributed by atoms with van der Waals surface area (Å²) >= 11 is 0. The Morgan fingerprint density at radius 2 is 2.40 bits per heavy atom. The van der Waals surface area contributed by atoms with E-state index in [4.69, 9.17) is 4.74 Å². The third-order valence-electron chi connectivity index (χ3n) is 2.29. The summed E-state index contributed by atoms with van der Waals surface area (Å²) in [5.74, 6) is 0.738. The second-order valence-electron chi connectivity index (χ2n) is 2.98. The molecule has 1 rings (SSSR count). The van der Waals surface area contributed by atoms with Crippen LogP contribution >= 0.6 is 9.39 Å². The molecule has 1 unspecified atom stereocenters. The molecule has 3 heteroatoms. The zero-order valence-electron chi connectivity index (χ0n) is 6.71. The molecule has 0 aromatic carbocycles. The molecule has 0 bridgehead atoms. The maximum Gasteiger partial charge on any atom is 0.0584 e. The SMILES string of the molecule is CO[C@H](C)[C@H]1CCN(P)C1. The van der Waals surface area contributed by atoms with Gasteiger partial charge in [0.1, 0.15) is 0 Å². The third kappa shape index (κ3) is 1.91. The first-order valence-corrected chi connectivity index (χ1v) is 4.28. The van der Waals surface area contributed by atoms with Crippen molar-refractivity contribution in [2.45, 2.75) is 19.4 Å². The van der Waals surface area contributed by atoms with Crippen molar-refractivity contribution in [3.63, 3.8) is 0 Å². The predicted octanol–water partition coefficient (Wildman–Crippen LogP) is 1.13. The van der Waals surface area contributed by atoms with E-state index >= 15 is 0 Å². The Hall–Kier alpha value is 0.350. The first-order valence-electron chi connectivity index (χ1n) is 3.76. The van der Waals surface area contributed by atoms with Crippen molar-refractivity contribution in [3.8, 4) is 0 Å². The van der Waals surface area contributed by atoms with Gasteiger partial charge in [0.2, 0.25) is 0 Å². The molecule has 60 valence electrons. The van der Waals surface area contributed by atoms with E-state index in [1.165, 1.54) is 19.5 Å². The molecule has 0 spiro atoms. The van der Waals surface area contributed by atoms with Crippen LogP contribution in [0, 0.1) is 5.92 Å². The smallest absolute Gasteiger partial charge is 0.0584 e. The van der Waals surface area contributed by atoms with Gasteiger partial charge in [-0.3, -0.25) is 4.67 Å². The molecule has 1 heterocycles. The quantitative estimate of drug-likeness (QED) is 0.563. The molecule has 0 aromatic rings. The van der Waals surface area contributed by atoms with Crippen LogP contribution < -0.4 is 0 Å². The molecule has 0 aromatic heterocycles. The Morgan fingerprint density at radius 1 is 1.70 bits per heavy atom. The molecule has 0 radical (unpaired) electrons. The van der Waals surface area contributed by atoms with Crippen molar-refractivity contribution in [1.29, 1.82) is 0 Å². The van der Waals surface area contributed by atoms with Crippen molar-refractivity contribution in [3.05, 3.63) is 0 Å². The largest absolute Gasteiger partial charge is 0.381 e. The molecule has 2 nitrogen and oxygen atoms in total. The van der Waals surface area contributed by atoms with Crippen molar-refractivity contribution in [1.82, 2.24) is 4.67 Å². The summed E-state index contributed by atoms with van der Waals surface area (Å²) in [7, 11) is 4.53. The molecule has 0 saturated carbocycles. The van der Waals surface area contributed by atoms with Gasteiger partial charge in [-0.25, -0.2) is 0 Å². The number of rotatable bonds is 2. The summed E-state index contributed by atoms with van der Waals surface area (Å²) < 4.78 is 7.52. The Balaban J connectivity index is 2.29. The Labute approximate surface area is 65.2 Å². The van der Waals surface area contributed by atoms with Crippen LogP contribution in [0.4, 0.5) is 0 Å². The molecule has 1 fully saturated rings. The Kier molecular flexibility index (Phi) is 3.09. The molecular formula is C7H16NOP. The maximum atomic E-state index is 5.25. The van der Waals surface area contributed by atoms with E-state index in [2.05, 4.69) is 21.0 Å². The normalized spacial score (nSPS) is 30.9. The lowest BCUT2D eigenvalue weighted by Gasteiger charge is -2.16. The van der Waals surface area contributed by atoms with Crippen LogP contribution in [0.3, 0.4) is 0 Å². The van der Waals surface area contributed by atoms with Crippen molar-refractivity contribution < 1.29 is 4.74 Å². The summed E-state index contributed by atoms with van der Waals surface area (Å²) in [5, 5.41) is 0. The van der Waals surface area contributed by atoms with Gasteiger partial charge in [-0.05, 0) is 19.3 Å². The van der Waals surface area contributed by atoms with E-state index in [0.29, 0.717) is 6.10 Å². The van der Waals surface area contributed by atoms with Gasteiger partial charge in [0.05, 0.1) is 6.10 Å². The summed E-state index contributed by atoms with van der Waals surface area (Å²) in [5.41, 5.74) is 0. The second-order valence-corrected chi connectivity index (χ2v) is 3.71. The van der Waals surface area contributed by atoms with Gasteiger partial charge in [0, 0.05) is 20.2 Å². The van der Waals surface area contributed by atoms with E-state index in [1.807, 2.05) is 0 Å². The average molecular weight is 161 g/mol. The highest BCUT2D eigenvalue weighted by Gasteiger charge is 2.24. The fourth-order valence-electron chi connectivity index (χ4n) is 1.39. The fourth-order valence-corrected chi connectivity index (χ4v) is 1.81. The van der Waals surface area contributed by atoms with Crippen molar-refractivity contribution in [2.24, 2.45) is 5.92 Å². The first-order chi connectivity index (χ1) is 4.74. The first kappa shape index (κ1) is 8.45. The van der Waals surface area contributed by atoms with Crippen LogP contribution in [-0.4, -0.2) is 31.0 Å². The molecule has 0 N–H and O–H groups in total. The van der Waals surface area contributed by atoms with Crippen LogP contribution in [0.25, 0.3) is 0 Å². The Morgan fingerprint density at radius 3 is 2.80 bits per heavy atom. The standard InChI is InChI=1S/C7H16NOP/c1-6(9-2)7-3-4-8(10)5-7/h6-7H,3-5,10H2,1-2H3/t6-,7+/m1/s1. The van der Waals surface area contributed by atoms with Gasteiger partial charge in [-0.15, -0.1) is 0 Å². The van der Waals surface area contributed by atoms with Crippen molar-refractivity contribution >= 4 is 9.39 Å². The fraction of sp³-hybridized carbons (Fsp3) is 1.00. The lowest BCUT2D eigenvalue weighted by Crippen LogP contribution is -2.20. The molecular weight excluding hydrogens is 145 g/mol. The van der Waals surface area contributed by atoms with Gasteiger partial charge < -0.3 is 4.74 Å². The van der Waals surface area contributed by atoms with Crippen LogP contribution in [0.5, 0.6) is 0 Å². The number of ether oxygens (including phenoxy) is 1. The predicted molar refractivity (Wildman–Crippen MR) is 45.9 cm³/mol. The van der Waals surface area contributed by atoms with E-state index in [1.54, 1.807) is 7.11 Å². The lowest BCUT2D eigenvalue weighted by molar-refractivity contribution is 0.0725. The third-order valence-corrected chi connectivity index (χ3v) is 2.76. The molecule has 10 heavy (non-hydrogen) atoms. The minimum absolute atomic E-state index is 0.422. The average Bonchev–Trinajstić information content (AvgIpc) is 2.34. The molecule has 0 aliphatic carbocycles. The zero-order chi connectivity index (χ0) is 7.56. The van der Waals surface area contributed by atoms with Crippen LogP contribution in [0.2, 0.25) is 0 Å². The van der Waals surface area contributed by atoms with Gasteiger partial charge in [0.15, 0.2) is 0 Å². The number of hydrogen-bond acceptors (Lipinski definition) is 2. The van der Waals surface area contributed by atoms with E-state index < -0.39 is 0 Å². The molecule has 3 atom stereocenters. The summed E-state index contributed by atoms with van der Waals surface area (Å²) in [6, 6.07) is 0. The minimum atomic E-state index is 0.422.